The maximum atomic E-state index is 11.9. The summed E-state index contributed by atoms with van der Waals surface area (Å²) in [5.74, 6) is 0.236. The molecule has 0 N–H and O–H groups in total. The van der Waals surface area contributed by atoms with Crippen LogP contribution in [0.3, 0.4) is 0 Å². The minimum atomic E-state index is -0.324. The fourth-order valence-electron chi connectivity index (χ4n) is 2.20. The Morgan fingerprint density at radius 1 is 1.27 bits per heavy atom. The Morgan fingerprint density at radius 3 is 2.41 bits per heavy atom. The second kappa shape index (κ2) is 10.4. The van der Waals surface area contributed by atoms with Crippen molar-refractivity contribution in [2.45, 2.75) is 34.6 Å². The van der Waals surface area contributed by atoms with Gasteiger partial charge in [0.25, 0.3) is 0 Å². The largest absolute Gasteiger partial charge is 1.00 e. The van der Waals surface area contributed by atoms with E-state index in [1.807, 2.05) is 6.92 Å². The summed E-state index contributed by atoms with van der Waals surface area (Å²) in [7, 11) is 0. The van der Waals surface area contributed by atoms with Gasteiger partial charge in [0.2, 0.25) is 5.88 Å². The van der Waals surface area contributed by atoms with E-state index in [-0.39, 0.29) is 19.8 Å². The van der Waals surface area contributed by atoms with Crippen molar-refractivity contribution in [2.75, 3.05) is 32.8 Å². The highest BCUT2D eigenvalue weighted by molar-refractivity contribution is 5.92. The smallest absolute Gasteiger partial charge is 1.00 e. The monoisotopic (exact) mass is 330 g/mol. The number of aromatic nitrogens is 1. The summed E-state index contributed by atoms with van der Waals surface area (Å²) < 4.78 is 10.7. The highest BCUT2D eigenvalue weighted by Gasteiger charge is 2.16. The number of ether oxygens (including phenoxy) is 2. The molecule has 5 nitrogen and oxygen atoms in total. The molecule has 0 amide bonds. The molecule has 0 spiro atoms. The van der Waals surface area contributed by atoms with Crippen LogP contribution >= 0.6 is 0 Å². The summed E-state index contributed by atoms with van der Waals surface area (Å²) in [6, 6.07) is 1.79. The summed E-state index contributed by atoms with van der Waals surface area (Å²) >= 11 is 0. The van der Waals surface area contributed by atoms with Gasteiger partial charge in [-0.2, -0.15) is 0 Å². The van der Waals surface area contributed by atoms with Crippen molar-refractivity contribution in [1.82, 2.24) is 9.88 Å². The number of esters is 1. The predicted molar refractivity (Wildman–Crippen MR) is 84.1 cm³/mol. The molecule has 1 aromatic heterocycles. The van der Waals surface area contributed by atoms with Gasteiger partial charge in [-0.3, -0.25) is 0 Å². The van der Waals surface area contributed by atoms with Gasteiger partial charge in [0.05, 0.1) is 17.9 Å². The van der Waals surface area contributed by atoms with Gasteiger partial charge in [-0.15, -0.1) is 0 Å². The average Bonchev–Trinajstić information content (AvgIpc) is 2.43. The van der Waals surface area contributed by atoms with Crippen molar-refractivity contribution >= 4 is 5.97 Å². The molecule has 6 heteroatoms. The average molecular weight is 331 g/mol. The number of hydrogen-bond acceptors (Lipinski definition) is 5. The molecule has 1 rings (SSSR count). The minimum absolute atomic E-state index is 0. The third-order valence-corrected chi connectivity index (χ3v) is 3.41. The summed E-state index contributed by atoms with van der Waals surface area (Å²) in [6.45, 7) is 13.6. The molecule has 0 radical (unpaired) electrons. The first-order valence-electron chi connectivity index (χ1n) is 7.53. The number of rotatable bonds is 8. The highest BCUT2D eigenvalue weighted by Crippen LogP contribution is 2.19. The van der Waals surface area contributed by atoms with Crippen LogP contribution in [-0.4, -0.2) is 48.7 Å². The molecule has 126 valence electrons. The molecule has 0 unspecified atom stereocenters. The van der Waals surface area contributed by atoms with E-state index < -0.39 is 0 Å². The Balaban J connectivity index is 0. The Hall–Kier alpha value is -1.33. The molecule has 0 aliphatic rings. The van der Waals surface area contributed by atoms with Crippen LogP contribution in [0.15, 0.2) is 6.07 Å². The van der Waals surface area contributed by atoms with Gasteiger partial charge >= 0.3 is 7.40 Å². The molecular weight excluding hydrogens is 304 g/mol. The standard InChI is InChI=1S/C16H26N2O3.ClH/c1-6-18(7-2)9-10-21-14-11-12(4)15(13(5)17-14)16(19)20-8-3;/h11H,6-10H2,1-5H3;1H. The quantitative estimate of drug-likeness (QED) is 0.613. The molecule has 1 aromatic rings. The van der Waals surface area contributed by atoms with Crippen molar-refractivity contribution < 1.29 is 28.1 Å². The topological polar surface area (TPSA) is 51.7 Å². The number of likely N-dealkylation sites (N-methyl/N-ethyl adjacent to an activating group) is 1. The Kier molecular flexibility index (Phi) is 9.78. The summed E-state index contributed by atoms with van der Waals surface area (Å²) in [5.41, 5.74) is 2.01. The first-order chi connectivity index (χ1) is 10.0. The van der Waals surface area contributed by atoms with Crippen molar-refractivity contribution in [3.63, 3.8) is 0 Å². The van der Waals surface area contributed by atoms with Crippen LogP contribution < -0.4 is 17.1 Å². The molecule has 0 fully saturated rings. The molecule has 0 atom stereocenters. The number of nitrogens with zero attached hydrogens (tertiary/aromatic N) is 2. The molecule has 1 heterocycles. The molecule has 0 aliphatic carbocycles. The zero-order chi connectivity index (χ0) is 15.8. The maximum Gasteiger partial charge on any atom is 1.00 e. The van der Waals surface area contributed by atoms with Gasteiger partial charge < -0.3 is 26.8 Å². The van der Waals surface area contributed by atoms with Crippen molar-refractivity contribution in [3.05, 3.63) is 22.9 Å². The first-order valence-corrected chi connectivity index (χ1v) is 7.53. The van der Waals surface area contributed by atoms with Crippen LogP contribution in [0.25, 0.3) is 0 Å². The molecular formula is C16H27ClN2O3. The van der Waals surface area contributed by atoms with Gasteiger partial charge in [-0.25, -0.2) is 9.78 Å². The SMILES string of the molecule is CCOC(=O)c1c(C)cc(OCCN(CC)CC)nc1C.[Cl-].[H+]. The zero-order valence-electron chi connectivity index (χ0n) is 15.1. The summed E-state index contributed by atoms with van der Waals surface area (Å²) in [4.78, 5) is 18.5. The van der Waals surface area contributed by atoms with Crippen LogP contribution in [0.5, 0.6) is 5.88 Å². The number of hydrogen-bond donors (Lipinski definition) is 0. The van der Waals surface area contributed by atoms with Gasteiger partial charge in [0.15, 0.2) is 0 Å². The Labute approximate surface area is 140 Å². The zero-order valence-corrected chi connectivity index (χ0v) is 14.9. The van der Waals surface area contributed by atoms with Crippen LogP contribution in [0.2, 0.25) is 0 Å². The van der Waals surface area contributed by atoms with Crippen molar-refractivity contribution in [2.24, 2.45) is 0 Å². The Morgan fingerprint density at radius 2 is 1.91 bits per heavy atom. The van der Waals surface area contributed by atoms with Crippen LogP contribution in [0.4, 0.5) is 0 Å². The third kappa shape index (κ3) is 5.81. The fourth-order valence-corrected chi connectivity index (χ4v) is 2.20. The van der Waals surface area contributed by atoms with Crippen molar-refractivity contribution in [3.8, 4) is 5.88 Å². The number of pyridine rings is 1. The summed E-state index contributed by atoms with van der Waals surface area (Å²) in [6.07, 6.45) is 0. The van der Waals surface area contributed by atoms with E-state index in [2.05, 4.69) is 23.7 Å². The number of aryl methyl sites for hydroxylation is 2. The molecule has 0 aromatic carbocycles. The van der Waals surface area contributed by atoms with E-state index in [0.717, 1.165) is 25.2 Å². The lowest BCUT2D eigenvalue weighted by atomic mass is 10.1. The van der Waals surface area contributed by atoms with E-state index in [0.29, 0.717) is 30.4 Å². The summed E-state index contributed by atoms with van der Waals surface area (Å²) in [5, 5.41) is 0. The van der Waals surface area contributed by atoms with Gasteiger partial charge in [-0.1, -0.05) is 13.8 Å². The lowest BCUT2D eigenvalue weighted by Crippen LogP contribution is -3.00. The second-order valence-electron chi connectivity index (χ2n) is 4.83. The number of carbonyl (C=O) groups excluding carboxylic acids is 1. The third-order valence-electron chi connectivity index (χ3n) is 3.41. The normalized spacial score (nSPS) is 10.3. The lowest BCUT2D eigenvalue weighted by molar-refractivity contribution is -0.0000242. The number of carbonyl (C=O) groups is 1. The van der Waals surface area contributed by atoms with E-state index in [4.69, 9.17) is 9.47 Å². The second-order valence-corrected chi connectivity index (χ2v) is 4.83. The molecule has 0 aliphatic heterocycles. The Bertz CT molecular complexity index is 459. The van der Waals surface area contributed by atoms with E-state index in [1.54, 1.807) is 19.9 Å². The molecule has 22 heavy (non-hydrogen) atoms. The molecule has 0 bridgehead atoms. The highest BCUT2D eigenvalue weighted by atomic mass is 35.5. The van der Waals surface area contributed by atoms with Crippen molar-refractivity contribution in [1.29, 1.82) is 0 Å². The van der Waals surface area contributed by atoms with E-state index in [1.165, 1.54) is 0 Å². The van der Waals surface area contributed by atoms with Gasteiger partial charge in [0.1, 0.15) is 6.61 Å². The van der Waals surface area contributed by atoms with Crippen LogP contribution in [0, 0.1) is 13.8 Å². The number of halogens is 1. The van der Waals surface area contributed by atoms with Crippen LogP contribution in [-0.2, 0) is 4.74 Å². The van der Waals surface area contributed by atoms with Gasteiger partial charge in [-0.05, 0) is 39.4 Å². The minimum Gasteiger partial charge on any atom is -1.00 e. The van der Waals surface area contributed by atoms with Gasteiger partial charge in [0, 0.05) is 12.6 Å². The van der Waals surface area contributed by atoms with Crippen LogP contribution in [0.1, 0.15) is 43.8 Å². The molecule has 0 saturated heterocycles. The fraction of sp³-hybridized carbons (Fsp3) is 0.625. The van der Waals surface area contributed by atoms with E-state index >= 15 is 0 Å². The lowest BCUT2D eigenvalue weighted by Gasteiger charge is -2.18. The first kappa shape index (κ1) is 20.7. The predicted octanol–water partition coefficient (Wildman–Crippen LogP) is -0.288. The van der Waals surface area contributed by atoms with E-state index in [9.17, 15) is 4.79 Å². The molecule has 0 saturated carbocycles. The maximum absolute atomic E-state index is 11.9.